The maximum absolute atomic E-state index is 12.4. The van der Waals surface area contributed by atoms with Crippen LogP contribution in [0.2, 0.25) is 0 Å². The van der Waals surface area contributed by atoms with E-state index in [-0.39, 0.29) is 18.5 Å². The molecule has 2 atom stereocenters. The van der Waals surface area contributed by atoms with Crippen molar-refractivity contribution in [1.82, 2.24) is 5.32 Å². The highest BCUT2D eigenvalue weighted by molar-refractivity contribution is 5.76. The van der Waals surface area contributed by atoms with Crippen LogP contribution in [-0.2, 0) is 14.3 Å². The average molecular weight is 748 g/mol. The maximum atomic E-state index is 12.4. The lowest BCUT2D eigenvalue weighted by molar-refractivity contribution is -0.143. The molecule has 3 N–H and O–H groups in total. The SMILES string of the molecule is CCCCC/C=C\CCCCCCCC(=O)OCCCC/C=C\CCCCCCC(=O)NC(CO)C(O)CCCCCCCCCCCCCCCC. The van der Waals surface area contributed by atoms with E-state index in [4.69, 9.17) is 4.74 Å². The van der Waals surface area contributed by atoms with Crippen molar-refractivity contribution in [1.29, 1.82) is 0 Å². The molecule has 0 fully saturated rings. The lowest BCUT2D eigenvalue weighted by Crippen LogP contribution is -2.45. The second kappa shape index (κ2) is 43.1. The minimum atomic E-state index is -0.685. The van der Waals surface area contributed by atoms with Gasteiger partial charge >= 0.3 is 5.97 Å². The van der Waals surface area contributed by atoms with Gasteiger partial charge in [0.1, 0.15) is 0 Å². The monoisotopic (exact) mass is 748 g/mol. The second-order valence-corrected chi connectivity index (χ2v) is 15.7. The summed E-state index contributed by atoms with van der Waals surface area (Å²) in [6, 6.07) is -0.566. The van der Waals surface area contributed by atoms with Crippen molar-refractivity contribution in [3.63, 3.8) is 0 Å². The summed E-state index contributed by atoms with van der Waals surface area (Å²) >= 11 is 0. The molecule has 0 aromatic heterocycles. The molecule has 312 valence electrons. The first-order valence-electron chi connectivity index (χ1n) is 23.1. The molecular formula is C47H89NO5. The molecule has 0 aliphatic carbocycles. The third-order valence-corrected chi connectivity index (χ3v) is 10.5. The third-order valence-electron chi connectivity index (χ3n) is 10.5. The topological polar surface area (TPSA) is 95.9 Å². The van der Waals surface area contributed by atoms with Crippen LogP contribution in [0, 0.1) is 0 Å². The Morgan fingerprint density at radius 2 is 0.887 bits per heavy atom. The molecule has 6 nitrogen and oxygen atoms in total. The molecule has 0 heterocycles. The van der Waals surface area contributed by atoms with E-state index in [1.54, 1.807) is 0 Å². The predicted octanol–water partition coefficient (Wildman–Crippen LogP) is 13.2. The lowest BCUT2D eigenvalue weighted by Gasteiger charge is -2.22. The van der Waals surface area contributed by atoms with Gasteiger partial charge in [-0.25, -0.2) is 0 Å². The number of amides is 1. The largest absolute Gasteiger partial charge is 0.466 e. The number of ether oxygens (including phenoxy) is 1. The van der Waals surface area contributed by atoms with E-state index < -0.39 is 12.1 Å². The summed E-state index contributed by atoms with van der Waals surface area (Å²) in [7, 11) is 0. The Labute approximate surface area is 329 Å². The van der Waals surface area contributed by atoms with Crippen molar-refractivity contribution in [2.75, 3.05) is 13.2 Å². The van der Waals surface area contributed by atoms with Gasteiger partial charge in [0, 0.05) is 12.8 Å². The van der Waals surface area contributed by atoms with E-state index in [9.17, 15) is 19.8 Å². The minimum Gasteiger partial charge on any atom is -0.466 e. The smallest absolute Gasteiger partial charge is 0.305 e. The van der Waals surface area contributed by atoms with E-state index in [2.05, 4.69) is 43.5 Å². The summed E-state index contributed by atoms with van der Waals surface area (Å²) in [6.45, 7) is 4.82. The molecule has 6 heteroatoms. The van der Waals surface area contributed by atoms with E-state index >= 15 is 0 Å². The summed E-state index contributed by atoms with van der Waals surface area (Å²) in [6.07, 6.45) is 48.5. The average Bonchev–Trinajstić information content (AvgIpc) is 3.16. The Kier molecular flexibility index (Phi) is 41.7. The number of carbonyl (C=O) groups is 2. The highest BCUT2D eigenvalue weighted by atomic mass is 16.5. The maximum Gasteiger partial charge on any atom is 0.305 e. The van der Waals surface area contributed by atoms with Crippen LogP contribution < -0.4 is 5.32 Å². The Morgan fingerprint density at radius 3 is 1.38 bits per heavy atom. The molecule has 0 saturated carbocycles. The van der Waals surface area contributed by atoms with E-state index in [0.29, 0.717) is 25.9 Å². The van der Waals surface area contributed by atoms with Crippen LogP contribution in [0.25, 0.3) is 0 Å². The molecule has 0 bridgehead atoms. The van der Waals surface area contributed by atoms with Gasteiger partial charge in [0.05, 0.1) is 25.4 Å². The van der Waals surface area contributed by atoms with E-state index in [1.165, 1.54) is 128 Å². The summed E-state index contributed by atoms with van der Waals surface area (Å²) in [4.78, 5) is 24.4. The van der Waals surface area contributed by atoms with Gasteiger partial charge in [0.25, 0.3) is 0 Å². The van der Waals surface area contributed by atoms with Crippen LogP contribution in [0.4, 0.5) is 0 Å². The van der Waals surface area contributed by atoms with Crippen LogP contribution in [0.5, 0.6) is 0 Å². The number of hydrogen-bond acceptors (Lipinski definition) is 5. The Hall–Kier alpha value is -1.66. The number of allylic oxidation sites excluding steroid dienone is 4. The van der Waals surface area contributed by atoms with Gasteiger partial charge in [-0.3, -0.25) is 9.59 Å². The molecule has 0 rings (SSSR count). The van der Waals surface area contributed by atoms with Gasteiger partial charge in [-0.2, -0.15) is 0 Å². The predicted molar refractivity (Wildman–Crippen MR) is 227 cm³/mol. The fraction of sp³-hybridized carbons (Fsp3) is 0.872. The van der Waals surface area contributed by atoms with Gasteiger partial charge in [-0.05, 0) is 77.0 Å². The number of aliphatic hydroxyl groups is 2. The van der Waals surface area contributed by atoms with Crippen molar-refractivity contribution in [3.8, 4) is 0 Å². The number of esters is 1. The van der Waals surface area contributed by atoms with E-state index in [0.717, 1.165) is 77.0 Å². The normalized spacial score (nSPS) is 12.9. The van der Waals surface area contributed by atoms with Crippen LogP contribution in [0.1, 0.15) is 239 Å². The molecule has 0 radical (unpaired) electrons. The highest BCUT2D eigenvalue weighted by Gasteiger charge is 2.20. The zero-order chi connectivity index (χ0) is 38.7. The summed E-state index contributed by atoms with van der Waals surface area (Å²) in [5.74, 6) is -0.119. The first-order chi connectivity index (χ1) is 26.0. The number of carbonyl (C=O) groups excluding carboxylic acids is 2. The third kappa shape index (κ3) is 39.8. The van der Waals surface area contributed by atoms with Crippen molar-refractivity contribution >= 4 is 11.9 Å². The van der Waals surface area contributed by atoms with Crippen molar-refractivity contribution in [2.24, 2.45) is 0 Å². The second-order valence-electron chi connectivity index (χ2n) is 15.7. The zero-order valence-electron chi connectivity index (χ0n) is 35.2. The number of aliphatic hydroxyl groups excluding tert-OH is 2. The van der Waals surface area contributed by atoms with Gasteiger partial charge < -0.3 is 20.3 Å². The first kappa shape index (κ1) is 51.3. The fourth-order valence-electron chi connectivity index (χ4n) is 6.86. The van der Waals surface area contributed by atoms with Gasteiger partial charge in [-0.15, -0.1) is 0 Å². The molecule has 0 spiro atoms. The molecule has 1 amide bonds. The summed E-state index contributed by atoms with van der Waals surface area (Å²) in [5.41, 5.74) is 0. The van der Waals surface area contributed by atoms with E-state index in [1.807, 2.05) is 0 Å². The van der Waals surface area contributed by atoms with Crippen molar-refractivity contribution in [3.05, 3.63) is 24.3 Å². The Morgan fingerprint density at radius 1 is 0.509 bits per heavy atom. The van der Waals surface area contributed by atoms with Crippen molar-refractivity contribution < 1.29 is 24.5 Å². The first-order valence-corrected chi connectivity index (χ1v) is 23.1. The quantitative estimate of drug-likeness (QED) is 0.0328. The molecule has 0 aromatic carbocycles. The van der Waals surface area contributed by atoms with Gasteiger partial charge in [0.15, 0.2) is 0 Å². The van der Waals surface area contributed by atoms with Crippen LogP contribution in [0.15, 0.2) is 24.3 Å². The zero-order valence-corrected chi connectivity index (χ0v) is 35.2. The molecule has 0 aliphatic rings. The molecule has 2 unspecified atom stereocenters. The summed E-state index contributed by atoms with van der Waals surface area (Å²) in [5, 5.41) is 23.1. The van der Waals surface area contributed by atoms with Crippen LogP contribution in [0.3, 0.4) is 0 Å². The van der Waals surface area contributed by atoms with Crippen LogP contribution in [-0.4, -0.2) is 47.4 Å². The van der Waals surface area contributed by atoms with Crippen LogP contribution >= 0.6 is 0 Å². The molecule has 0 aromatic rings. The van der Waals surface area contributed by atoms with Gasteiger partial charge in [-0.1, -0.05) is 173 Å². The standard InChI is InChI=1S/C47H89NO5/c1-3-5-7-9-11-13-15-17-18-19-23-27-31-35-39-45(50)44(43-49)48-46(51)40-36-32-28-24-21-22-26-30-34-38-42-53-47(52)41-37-33-29-25-20-16-14-12-10-8-6-4-2/h12,14,22,26,44-45,49-50H,3-11,13,15-21,23-25,27-43H2,1-2H3,(H,48,51)/b14-12-,26-22-. The van der Waals surface area contributed by atoms with Gasteiger partial charge in [0.2, 0.25) is 5.91 Å². The Bertz CT molecular complexity index is 828. The minimum absolute atomic E-state index is 0.0470. The number of rotatable bonds is 42. The lowest BCUT2D eigenvalue weighted by atomic mass is 10.0. The number of hydrogen-bond donors (Lipinski definition) is 3. The Balaban J connectivity index is 3.56. The molecular weight excluding hydrogens is 659 g/mol. The molecule has 0 saturated heterocycles. The molecule has 0 aliphatic heterocycles. The number of unbranched alkanes of at least 4 members (excludes halogenated alkanes) is 27. The fourth-order valence-corrected chi connectivity index (χ4v) is 6.86. The summed E-state index contributed by atoms with van der Waals surface area (Å²) < 4.78 is 5.40. The van der Waals surface area contributed by atoms with Crippen molar-refractivity contribution in [2.45, 2.75) is 251 Å². The number of nitrogens with one attached hydrogen (secondary N) is 1. The molecule has 53 heavy (non-hydrogen) atoms. The highest BCUT2D eigenvalue weighted by Crippen LogP contribution is 2.15.